The van der Waals surface area contributed by atoms with Gasteiger partial charge in [-0.2, -0.15) is 0 Å². The molecule has 1 heterocycles. The first-order chi connectivity index (χ1) is 7.59. The number of pyridine rings is 1. The molecule has 16 heavy (non-hydrogen) atoms. The van der Waals surface area contributed by atoms with E-state index in [1.807, 2.05) is 0 Å². The lowest BCUT2D eigenvalue weighted by Gasteiger charge is -2.07. The van der Waals surface area contributed by atoms with Crippen LogP contribution in [0.4, 0.5) is 10.5 Å². The van der Waals surface area contributed by atoms with Crippen LogP contribution in [0.2, 0.25) is 0 Å². The molecule has 86 valence electrons. The Balaban J connectivity index is 2.45. The van der Waals surface area contributed by atoms with E-state index in [4.69, 9.17) is 23.7 Å². The van der Waals surface area contributed by atoms with E-state index < -0.39 is 6.03 Å². The van der Waals surface area contributed by atoms with Crippen LogP contribution in [0.15, 0.2) is 18.3 Å². The first kappa shape index (κ1) is 12.2. The predicted octanol–water partition coefficient (Wildman–Crippen LogP) is -0.204. The highest BCUT2D eigenvalue weighted by molar-refractivity contribution is 7.80. The van der Waals surface area contributed by atoms with Gasteiger partial charge in [-0.15, -0.1) is 0 Å². The fraction of sp³-hybridized carbons (Fsp3) is 0.222. The van der Waals surface area contributed by atoms with Crippen molar-refractivity contribution >= 4 is 28.9 Å². The number of nitrogens with two attached hydrogens (primary N) is 2. The van der Waals surface area contributed by atoms with Gasteiger partial charge >= 0.3 is 6.03 Å². The van der Waals surface area contributed by atoms with Crippen LogP contribution in [0.25, 0.3) is 0 Å². The van der Waals surface area contributed by atoms with Gasteiger partial charge in [0.2, 0.25) is 0 Å². The number of hydrogen-bond acceptors (Lipinski definition) is 4. The fourth-order valence-corrected chi connectivity index (χ4v) is 1.18. The largest absolute Gasteiger partial charge is 0.388 e. The lowest BCUT2D eigenvalue weighted by Crippen LogP contribution is -2.33. The van der Waals surface area contributed by atoms with Gasteiger partial charge in [-0.3, -0.25) is 4.98 Å². The standard InChI is InChI=1S/C9H13N5OS/c10-8(16)7-5-6(1-2-13-7)12-3-4-14-9(11)15/h1-2,5H,3-4H2,(H2,10,16)(H,12,13)(H3,11,14,15). The summed E-state index contributed by atoms with van der Waals surface area (Å²) in [4.78, 5) is 14.6. The maximum Gasteiger partial charge on any atom is 0.312 e. The molecular formula is C9H13N5OS. The number of aromatic nitrogens is 1. The number of nitrogens with zero attached hydrogens (tertiary/aromatic N) is 1. The molecule has 0 spiro atoms. The van der Waals surface area contributed by atoms with Gasteiger partial charge in [0, 0.05) is 25.0 Å². The third-order valence-corrected chi connectivity index (χ3v) is 1.97. The number of anilines is 1. The minimum atomic E-state index is -0.541. The Bertz CT molecular complexity index is 395. The van der Waals surface area contributed by atoms with Crippen molar-refractivity contribution in [3.05, 3.63) is 24.0 Å². The van der Waals surface area contributed by atoms with E-state index in [0.29, 0.717) is 18.8 Å². The highest BCUT2D eigenvalue weighted by atomic mass is 32.1. The number of rotatable bonds is 5. The second-order valence-corrected chi connectivity index (χ2v) is 3.45. The van der Waals surface area contributed by atoms with Gasteiger partial charge in [0.25, 0.3) is 0 Å². The maximum atomic E-state index is 10.4. The molecule has 6 nitrogen and oxygen atoms in total. The summed E-state index contributed by atoms with van der Waals surface area (Å²) in [5, 5.41) is 5.53. The third kappa shape index (κ3) is 4.09. The normalized spacial score (nSPS) is 9.50. The smallest absolute Gasteiger partial charge is 0.312 e. The molecule has 0 radical (unpaired) electrons. The Hall–Kier alpha value is -1.89. The molecule has 7 heteroatoms. The molecular weight excluding hydrogens is 226 g/mol. The van der Waals surface area contributed by atoms with Crippen molar-refractivity contribution < 1.29 is 4.79 Å². The van der Waals surface area contributed by atoms with Gasteiger partial charge in [-0.05, 0) is 12.1 Å². The lowest BCUT2D eigenvalue weighted by atomic mass is 10.3. The minimum absolute atomic E-state index is 0.249. The second kappa shape index (κ2) is 5.86. The Labute approximate surface area is 98.4 Å². The molecule has 1 rings (SSSR count). The summed E-state index contributed by atoms with van der Waals surface area (Å²) in [7, 11) is 0. The minimum Gasteiger partial charge on any atom is -0.388 e. The van der Waals surface area contributed by atoms with Gasteiger partial charge in [0.15, 0.2) is 0 Å². The van der Waals surface area contributed by atoms with Crippen molar-refractivity contribution in [1.29, 1.82) is 0 Å². The summed E-state index contributed by atoms with van der Waals surface area (Å²) in [6.07, 6.45) is 1.61. The molecule has 2 amide bonds. The number of thiocarbonyl (C=S) groups is 1. The van der Waals surface area contributed by atoms with Crippen molar-refractivity contribution in [2.24, 2.45) is 11.5 Å². The summed E-state index contributed by atoms with van der Waals surface area (Å²) >= 11 is 4.81. The molecule has 0 aliphatic rings. The zero-order valence-corrected chi connectivity index (χ0v) is 9.38. The topological polar surface area (TPSA) is 106 Å². The quantitative estimate of drug-likeness (QED) is 0.420. The maximum absolute atomic E-state index is 10.4. The molecule has 0 aliphatic heterocycles. The average Bonchev–Trinajstić information content (AvgIpc) is 2.24. The van der Waals surface area contributed by atoms with Crippen molar-refractivity contribution in [1.82, 2.24) is 10.3 Å². The van der Waals surface area contributed by atoms with E-state index >= 15 is 0 Å². The summed E-state index contributed by atoms with van der Waals surface area (Å²) in [6.45, 7) is 1.00. The molecule has 0 aliphatic carbocycles. The number of urea groups is 1. The molecule has 0 saturated carbocycles. The number of carbonyl (C=O) groups excluding carboxylic acids is 1. The molecule has 1 aromatic rings. The number of hydrogen-bond donors (Lipinski definition) is 4. The molecule has 0 fully saturated rings. The summed E-state index contributed by atoms with van der Waals surface area (Å²) in [6, 6.07) is 2.99. The molecule has 1 aromatic heterocycles. The monoisotopic (exact) mass is 239 g/mol. The first-order valence-electron chi connectivity index (χ1n) is 4.62. The van der Waals surface area contributed by atoms with Gasteiger partial charge in [-0.25, -0.2) is 4.79 Å². The third-order valence-electron chi connectivity index (χ3n) is 1.77. The van der Waals surface area contributed by atoms with Crippen LogP contribution in [-0.2, 0) is 0 Å². The van der Waals surface area contributed by atoms with Crippen LogP contribution in [0, 0.1) is 0 Å². The number of carbonyl (C=O) groups is 1. The zero-order valence-electron chi connectivity index (χ0n) is 8.56. The van der Waals surface area contributed by atoms with Crippen molar-refractivity contribution in [2.45, 2.75) is 0 Å². The first-order valence-corrected chi connectivity index (χ1v) is 5.03. The van der Waals surface area contributed by atoms with Crippen molar-refractivity contribution in [3.8, 4) is 0 Å². The van der Waals surface area contributed by atoms with Crippen LogP contribution in [0.1, 0.15) is 5.69 Å². The van der Waals surface area contributed by atoms with Crippen LogP contribution >= 0.6 is 12.2 Å². The van der Waals surface area contributed by atoms with E-state index in [-0.39, 0.29) is 4.99 Å². The lowest BCUT2D eigenvalue weighted by molar-refractivity contribution is 0.249. The molecule has 0 bridgehead atoms. The fourth-order valence-electron chi connectivity index (χ4n) is 1.07. The van der Waals surface area contributed by atoms with Crippen molar-refractivity contribution in [2.75, 3.05) is 18.4 Å². The number of nitrogens with one attached hydrogen (secondary N) is 2. The number of amides is 2. The number of primary amides is 1. The van der Waals surface area contributed by atoms with Crippen LogP contribution in [-0.4, -0.2) is 29.1 Å². The second-order valence-electron chi connectivity index (χ2n) is 3.01. The molecule has 0 atom stereocenters. The van der Waals surface area contributed by atoms with Crippen LogP contribution in [0.5, 0.6) is 0 Å². The van der Waals surface area contributed by atoms with Gasteiger partial charge < -0.3 is 22.1 Å². The average molecular weight is 239 g/mol. The van der Waals surface area contributed by atoms with Gasteiger partial charge in [0.05, 0.1) is 5.69 Å². The molecule has 0 saturated heterocycles. The SMILES string of the molecule is NC(=O)NCCNc1ccnc(C(N)=S)c1. The summed E-state index contributed by atoms with van der Waals surface area (Å²) in [5.74, 6) is 0. The van der Waals surface area contributed by atoms with Gasteiger partial charge in [0.1, 0.15) is 4.99 Å². The van der Waals surface area contributed by atoms with Crippen molar-refractivity contribution in [3.63, 3.8) is 0 Å². The van der Waals surface area contributed by atoms with E-state index in [1.54, 1.807) is 18.3 Å². The van der Waals surface area contributed by atoms with Gasteiger partial charge in [-0.1, -0.05) is 12.2 Å². The van der Waals surface area contributed by atoms with E-state index in [0.717, 1.165) is 5.69 Å². The van der Waals surface area contributed by atoms with Crippen LogP contribution < -0.4 is 22.1 Å². The molecule has 0 aromatic carbocycles. The Kier molecular flexibility index (Phi) is 4.46. The summed E-state index contributed by atoms with van der Waals surface area (Å²) < 4.78 is 0. The predicted molar refractivity (Wildman–Crippen MR) is 66.2 cm³/mol. The zero-order chi connectivity index (χ0) is 12.0. The van der Waals surface area contributed by atoms with E-state index in [1.165, 1.54) is 0 Å². The highest BCUT2D eigenvalue weighted by Crippen LogP contribution is 2.06. The Morgan fingerprint density at radius 2 is 2.19 bits per heavy atom. The Morgan fingerprint density at radius 3 is 2.81 bits per heavy atom. The van der Waals surface area contributed by atoms with E-state index in [2.05, 4.69) is 15.6 Å². The van der Waals surface area contributed by atoms with Crippen LogP contribution in [0.3, 0.4) is 0 Å². The highest BCUT2D eigenvalue weighted by Gasteiger charge is 1.99. The van der Waals surface area contributed by atoms with E-state index in [9.17, 15) is 4.79 Å². The Morgan fingerprint density at radius 1 is 1.44 bits per heavy atom. The molecule has 0 unspecified atom stereocenters. The molecule has 6 N–H and O–H groups in total. The summed E-state index contributed by atoms with van der Waals surface area (Å²) in [5.41, 5.74) is 11.8.